The highest BCUT2D eigenvalue weighted by Gasteiger charge is 2.14. The molecule has 0 atom stereocenters. The normalized spacial score (nSPS) is 10.7. The molecule has 3 aromatic heterocycles. The lowest BCUT2D eigenvalue weighted by Crippen LogP contribution is -2.13. The molecule has 0 aliphatic rings. The average Bonchev–Trinajstić information content (AvgIpc) is 3.05. The molecule has 1 N–H and O–H groups in total. The van der Waals surface area contributed by atoms with Crippen LogP contribution in [0.3, 0.4) is 0 Å². The van der Waals surface area contributed by atoms with Crippen molar-refractivity contribution < 1.29 is 4.79 Å². The zero-order valence-electron chi connectivity index (χ0n) is 10.6. The molecule has 1 amide bonds. The zero-order valence-corrected chi connectivity index (χ0v) is 14.5. The molecule has 0 aliphatic carbocycles. The first-order valence-corrected chi connectivity index (χ1v) is 8.69. The summed E-state index contributed by atoms with van der Waals surface area (Å²) in [7, 11) is 0. The molecule has 0 aliphatic heterocycles. The number of hydrogen-bond acceptors (Lipinski definition) is 5. The van der Waals surface area contributed by atoms with Crippen molar-refractivity contribution in [2.45, 2.75) is 0 Å². The van der Waals surface area contributed by atoms with E-state index >= 15 is 0 Å². The van der Waals surface area contributed by atoms with Crippen molar-refractivity contribution in [1.29, 1.82) is 0 Å². The van der Waals surface area contributed by atoms with Crippen LogP contribution in [0.25, 0.3) is 11.3 Å². The van der Waals surface area contributed by atoms with E-state index in [1.54, 1.807) is 17.5 Å². The number of nitrogens with zero attached hydrogens (tertiary/aromatic N) is 2. The second-order valence-corrected chi connectivity index (χ2v) is 7.67. The van der Waals surface area contributed by atoms with Crippen LogP contribution >= 0.6 is 57.5 Å². The van der Waals surface area contributed by atoms with E-state index in [2.05, 4.69) is 15.3 Å². The fraction of sp³-hybridized carbons (Fsp3) is 0. The van der Waals surface area contributed by atoms with Crippen molar-refractivity contribution in [3.8, 4) is 11.3 Å². The van der Waals surface area contributed by atoms with Gasteiger partial charge in [0.15, 0.2) is 5.13 Å². The molecule has 112 valence electrons. The SMILES string of the molecule is O=C(Nc1nc(-c2cc(Cl)sc2Cl)cs1)c1cc(Cl)ccn1. The van der Waals surface area contributed by atoms with Crippen LogP contribution in [0.1, 0.15) is 10.5 Å². The van der Waals surface area contributed by atoms with Crippen LogP contribution in [0.5, 0.6) is 0 Å². The molecule has 0 aromatic carbocycles. The Kier molecular flexibility index (Phi) is 4.65. The maximum absolute atomic E-state index is 12.1. The Bertz CT molecular complexity index is 847. The summed E-state index contributed by atoms with van der Waals surface area (Å²) in [6.07, 6.45) is 1.47. The van der Waals surface area contributed by atoms with Gasteiger partial charge in [-0.25, -0.2) is 4.98 Å². The predicted molar refractivity (Wildman–Crippen MR) is 92.6 cm³/mol. The summed E-state index contributed by atoms with van der Waals surface area (Å²) in [5.74, 6) is -0.377. The molecule has 9 heteroatoms. The third-order valence-corrected chi connectivity index (χ3v) is 5.09. The molecule has 3 rings (SSSR count). The molecule has 3 heterocycles. The number of nitrogens with one attached hydrogen (secondary N) is 1. The van der Waals surface area contributed by atoms with E-state index in [-0.39, 0.29) is 11.6 Å². The van der Waals surface area contributed by atoms with Crippen molar-refractivity contribution in [2.75, 3.05) is 5.32 Å². The minimum absolute atomic E-state index is 0.223. The Balaban J connectivity index is 1.80. The molecule has 0 bridgehead atoms. The summed E-state index contributed by atoms with van der Waals surface area (Å²) in [6, 6.07) is 4.83. The molecule has 0 saturated carbocycles. The average molecular weight is 391 g/mol. The van der Waals surface area contributed by atoms with Gasteiger partial charge >= 0.3 is 0 Å². The molecule has 0 saturated heterocycles. The second kappa shape index (κ2) is 6.52. The topological polar surface area (TPSA) is 54.9 Å². The van der Waals surface area contributed by atoms with Crippen molar-refractivity contribution >= 4 is 68.5 Å². The van der Waals surface area contributed by atoms with Crippen molar-refractivity contribution in [2.24, 2.45) is 0 Å². The summed E-state index contributed by atoms with van der Waals surface area (Å²) >= 11 is 20.4. The maximum atomic E-state index is 12.1. The highest BCUT2D eigenvalue weighted by Crippen LogP contribution is 2.39. The third-order valence-electron chi connectivity index (χ3n) is 2.61. The lowest BCUT2D eigenvalue weighted by atomic mass is 10.3. The molecule has 0 fully saturated rings. The van der Waals surface area contributed by atoms with E-state index in [0.29, 0.717) is 24.5 Å². The van der Waals surface area contributed by atoms with Gasteiger partial charge in [-0.3, -0.25) is 15.1 Å². The third kappa shape index (κ3) is 3.42. The van der Waals surface area contributed by atoms with Crippen LogP contribution in [0.4, 0.5) is 5.13 Å². The van der Waals surface area contributed by atoms with Crippen LogP contribution < -0.4 is 5.32 Å². The monoisotopic (exact) mass is 389 g/mol. The number of aromatic nitrogens is 2. The molecule has 0 unspecified atom stereocenters. The van der Waals surface area contributed by atoms with E-state index in [1.165, 1.54) is 34.9 Å². The maximum Gasteiger partial charge on any atom is 0.276 e. The fourth-order valence-electron chi connectivity index (χ4n) is 1.66. The van der Waals surface area contributed by atoms with Gasteiger partial charge in [-0.05, 0) is 18.2 Å². The van der Waals surface area contributed by atoms with Crippen LogP contribution in [-0.2, 0) is 0 Å². The summed E-state index contributed by atoms with van der Waals surface area (Å²) in [6.45, 7) is 0. The first kappa shape index (κ1) is 15.7. The number of hydrogen-bond donors (Lipinski definition) is 1. The Morgan fingerprint density at radius 3 is 2.73 bits per heavy atom. The number of pyridine rings is 1. The van der Waals surface area contributed by atoms with Crippen LogP contribution in [-0.4, -0.2) is 15.9 Å². The van der Waals surface area contributed by atoms with Crippen molar-refractivity contribution in [3.63, 3.8) is 0 Å². The standard InChI is InChI=1S/C13H6Cl3N3OS2/c14-6-1-2-17-8(3-6)12(20)19-13-18-9(5-21-13)7-4-10(15)22-11(7)16/h1-5H,(H,18,19,20). The van der Waals surface area contributed by atoms with E-state index in [0.717, 1.165) is 5.56 Å². The largest absolute Gasteiger partial charge is 0.296 e. The molecular formula is C13H6Cl3N3OS2. The molecule has 3 aromatic rings. The first-order valence-electron chi connectivity index (χ1n) is 5.86. The van der Waals surface area contributed by atoms with Crippen LogP contribution in [0, 0.1) is 0 Å². The second-order valence-electron chi connectivity index (χ2n) is 4.09. The van der Waals surface area contributed by atoms with Gasteiger partial charge in [0.05, 0.1) is 10.0 Å². The van der Waals surface area contributed by atoms with Gasteiger partial charge < -0.3 is 0 Å². The summed E-state index contributed by atoms with van der Waals surface area (Å²) < 4.78 is 1.14. The van der Waals surface area contributed by atoms with E-state index < -0.39 is 0 Å². The lowest BCUT2D eigenvalue weighted by molar-refractivity contribution is 0.102. The van der Waals surface area contributed by atoms with E-state index in [4.69, 9.17) is 34.8 Å². The van der Waals surface area contributed by atoms with E-state index in [9.17, 15) is 4.79 Å². The quantitative estimate of drug-likeness (QED) is 0.644. The van der Waals surface area contributed by atoms with Crippen molar-refractivity contribution in [1.82, 2.24) is 9.97 Å². The summed E-state index contributed by atoms with van der Waals surface area (Å²) in [5, 5.41) is 5.36. The van der Waals surface area contributed by atoms with Gasteiger partial charge in [-0.2, -0.15) is 0 Å². The highest BCUT2D eigenvalue weighted by molar-refractivity contribution is 7.20. The number of thiazole rings is 1. The fourth-order valence-corrected chi connectivity index (χ4v) is 4.01. The molecule has 0 spiro atoms. The van der Waals surface area contributed by atoms with Gasteiger partial charge in [0.2, 0.25) is 0 Å². The summed E-state index contributed by atoms with van der Waals surface area (Å²) in [4.78, 5) is 20.4. The Morgan fingerprint density at radius 1 is 1.23 bits per heavy atom. The molecule has 4 nitrogen and oxygen atoms in total. The van der Waals surface area contributed by atoms with Crippen molar-refractivity contribution in [3.05, 3.63) is 49.2 Å². The lowest BCUT2D eigenvalue weighted by Gasteiger charge is -2.00. The Morgan fingerprint density at radius 2 is 2.05 bits per heavy atom. The number of anilines is 1. The molecule has 0 radical (unpaired) electrons. The van der Waals surface area contributed by atoms with Gasteiger partial charge in [0, 0.05) is 22.2 Å². The van der Waals surface area contributed by atoms with E-state index in [1.807, 2.05) is 0 Å². The number of thiophene rings is 1. The van der Waals surface area contributed by atoms with Gasteiger partial charge in [-0.15, -0.1) is 22.7 Å². The van der Waals surface area contributed by atoms with Gasteiger partial charge in [-0.1, -0.05) is 34.8 Å². The zero-order chi connectivity index (χ0) is 15.7. The molecular weight excluding hydrogens is 385 g/mol. The Labute approximate surface area is 148 Å². The highest BCUT2D eigenvalue weighted by atomic mass is 35.5. The number of rotatable bonds is 3. The van der Waals surface area contributed by atoms with Crippen LogP contribution in [0.15, 0.2) is 29.8 Å². The van der Waals surface area contributed by atoms with Gasteiger partial charge in [0.1, 0.15) is 10.0 Å². The number of amides is 1. The smallest absolute Gasteiger partial charge is 0.276 e. The first-order chi connectivity index (χ1) is 10.5. The number of halogens is 3. The number of carbonyl (C=O) groups excluding carboxylic acids is 1. The van der Waals surface area contributed by atoms with Crippen LogP contribution in [0.2, 0.25) is 13.7 Å². The van der Waals surface area contributed by atoms with Gasteiger partial charge in [0.25, 0.3) is 5.91 Å². The summed E-state index contributed by atoms with van der Waals surface area (Å²) in [5.41, 5.74) is 1.63. The Hall–Kier alpha value is -1.18. The number of carbonyl (C=O) groups is 1. The minimum Gasteiger partial charge on any atom is -0.296 e. The minimum atomic E-state index is -0.377. The predicted octanol–water partition coefficient (Wildman–Crippen LogP) is 5.48. The molecule has 22 heavy (non-hydrogen) atoms.